The van der Waals surface area contributed by atoms with Crippen LogP contribution in [0.25, 0.3) is 0 Å². The Morgan fingerprint density at radius 2 is 2.21 bits per heavy atom. The molecule has 2 saturated heterocycles. The maximum atomic E-state index is 11.4. The molecule has 0 unspecified atom stereocenters. The summed E-state index contributed by atoms with van der Waals surface area (Å²) in [6.07, 6.45) is 5.73. The van der Waals surface area contributed by atoms with Gasteiger partial charge in [-0.3, -0.25) is 9.69 Å². The molecule has 3 heteroatoms. The fraction of sp³-hybridized carbons (Fsp3) is 0.909. The SMILES string of the molecule is CCCCN1[C@@H]2CC[C@H]1CNC(=O)C2. The zero-order valence-electron chi connectivity index (χ0n) is 8.96. The average Bonchev–Trinajstić information content (AvgIpc) is 2.45. The Hall–Kier alpha value is -0.570. The minimum absolute atomic E-state index is 0.249. The minimum Gasteiger partial charge on any atom is -0.354 e. The molecule has 2 aliphatic heterocycles. The molecule has 2 aliphatic rings. The Balaban J connectivity index is 1.98. The van der Waals surface area contributed by atoms with Crippen molar-refractivity contribution in [2.24, 2.45) is 0 Å². The molecular formula is C11H20N2O. The van der Waals surface area contributed by atoms with Crippen LogP contribution in [0.2, 0.25) is 0 Å². The van der Waals surface area contributed by atoms with Crippen LogP contribution in [0.3, 0.4) is 0 Å². The molecule has 14 heavy (non-hydrogen) atoms. The minimum atomic E-state index is 0.249. The number of amides is 1. The van der Waals surface area contributed by atoms with Crippen molar-refractivity contribution in [2.75, 3.05) is 13.1 Å². The first-order chi connectivity index (χ1) is 6.81. The normalized spacial score (nSPS) is 32.8. The van der Waals surface area contributed by atoms with E-state index in [1.54, 1.807) is 0 Å². The van der Waals surface area contributed by atoms with E-state index >= 15 is 0 Å². The van der Waals surface area contributed by atoms with Gasteiger partial charge < -0.3 is 5.32 Å². The van der Waals surface area contributed by atoms with Crippen molar-refractivity contribution in [3.05, 3.63) is 0 Å². The highest BCUT2D eigenvalue weighted by Crippen LogP contribution is 2.28. The molecule has 0 aliphatic carbocycles. The van der Waals surface area contributed by atoms with Crippen LogP contribution in [0, 0.1) is 0 Å². The second kappa shape index (κ2) is 4.30. The number of fused-ring (bicyclic) bond motifs is 2. The van der Waals surface area contributed by atoms with Crippen LogP contribution in [-0.2, 0) is 4.79 Å². The molecule has 1 amide bonds. The maximum Gasteiger partial charge on any atom is 0.221 e. The van der Waals surface area contributed by atoms with Gasteiger partial charge in [0.05, 0.1) is 0 Å². The van der Waals surface area contributed by atoms with Crippen LogP contribution in [-0.4, -0.2) is 36.0 Å². The lowest BCUT2D eigenvalue weighted by atomic mass is 10.1. The quantitative estimate of drug-likeness (QED) is 0.734. The van der Waals surface area contributed by atoms with Crippen molar-refractivity contribution in [3.8, 4) is 0 Å². The third-order valence-electron chi connectivity index (χ3n) is 3.50. The first kappa shape index (κ1) is 9.97. The van der Waals surface area contributed by atoms with Crippen LogP contribution in [0.15, 0.2) is 0 Å². The maximum absolute atomic E-state index is 11.4. The van der Waals surface area contributed by atoms with Crippen LogP contribution in [0.1, 0.15) is 39.0 Å². The topological polar surface area (TPSA) is 32.3 Å². The summed E-state index contributed by atoms with van der Waals surface area (Å²) in [4.78, 5) is 13.9. The Morgan fingerprint density at radius 1 is 1.43 bits per heavy atom. The average molecular weight is 196 g/mol. The molecule has 80 valence electrons. The van der Waals surface area contributed by atoms with Gasteiger partial charge in [0.15, 0.2) is 0 Å². The second-order valence-electron chi connectivity index (χ2n) is 4.48. The van der Waals surface area contributed by atoms with Gasteiger partial charge in [0.1, 0.15) is 0 Å². The molecule has 0 saturated carbocycles. The van der Waals surface area contributed by atoms with Crippen LogP contribution in [0.5, 0.6) is 0 Å². The lowest BCUT2D eigenvalue weighted by Gasteiger charge is -2.26. The van der Waals surface area contributed by atoms with Crippen LogP contribution in [0.4, 0.5) is 0 Å². The lowest BCUT2D eigenvalue weighted by Crippen LogP contribution is -2.38. The largest absolute Gasteiger partial charge is 0.354 e. The Bertz CT molecular complexity index is 217. The van der Waals surface area contributed by atoms with E-state index in [-0.39, 0.29) is 5.91 Å². The number of nitrogens with one attached hydrogen (secondary N) is 1. The highest BCUT2D eigenvalue weighted by molar-refractivity contribution is 5.77. The molecule has 2 atom stereocenters. The summed E-state index contributed by atoms with van der Waals surface area (Å²) in [5, 5.41) is 3.00. The second-order valence-corrected chi connectivity index (χ2v) is 4.48. The molecule has 2 rings (SSSR count). The van der Waals surface area contributed by atoms with E-state index < -0.39 is 0 Å². The molecule has 0 radical (unpaired) electrons. The van der Waals surface area contributed by atoms with Crippen molar-refractivity contribution in [1.29, 1.82) is 0 Å². The van der Waals surface area contributed by atoms with Crippen LogP contribution >= 0.6 is 0 Å². The highest BCUT2D eigenvalue weighted by Gasteiger charge is 2.36. The van der Waals surface area contributed by atoms with Crippen molar-refractivity contribution in [1.82, 2.24) is 10.2 Å². The molecule has 0 aromatic rings. The third kappa shape index (κ3) is 1.92. The number of rotatable bonds is 3. The van der Waals surface area contributed by atoms with E-state index in [4.69, 9.17) is 0 Å². The van der Waals surface area contributed by atoms with E-state index in [1.807, 2.05) is 0 Å². The van der Waals surface area contributed by atoms with E-state index in [1.165, 1.54) is 32.2 Å². The van der Waals surface area contributed by atoms with Gasteiger partial charge in [0.2, 0.25) is 5.91 Å². The first-order valence-electron chi connectivity index (χ1n) is 5.83. The Kier molecular flexibility index (Phi) is 3.06. The summed E-state index contributed by atoms with van der Waals surface area (Å²) < 4.78 is 0. The van der Waals surface area contributed by atoms with Gasteiger partial charge in [0.25, 0.3) is 0 Å². The number of unbranched alkanes of at least 4 members (excludes halogenated alkanes) is 1. The molecule has 3 nitrogen and oxygen atoms in total. The third-order valence-corrected chi connectivity index (χ3v) is 3.50. The predicted molar refractivity (Wildman–Crippen MR) is 56.1 cm³/mol. The Morgan fingerprint density at radius 3 is 3.00 bits per heavy atom. The van der Waals surface area contributed by atoms with Gasteiger partial charge in [-0.1, -0.05) is 13.3 Å². The van der Waals surface area contributed by atoms with Gasteiger partial charge in [-0.2, -0.15) is 0 Å². The molecule has 0 aromatic heterocycles. The number of hydrogen-bond donors (Lipinski definition) is 1. The fourth-order valence-electron chi connectivity index (χ4n) is 2.68. The highest BCUT2D eigenvalue weighted by atomic mass is 16.1. The number of carbonyl (C=O) groups is 1. The fourth-order valence-corrected chi connectivity index (χ4v) is 2.68. The number of nitrogens with zero attached hydrogens (tertiary/aromatic N) is 1. The zero-order chi connectivity index (χ0) is 9.97. The summed E-state index contributed by atoms with van der Waals surface area (Å²) in [7, 11) is 0. The smallest absolute Gasteiger partial charge is 0.221 e. The monoisotopic (exact) mass is 196 g/mol. The Labute approximate surface area is 85.8 Å². The van der Waals surface area contributed by atoms with Gasteiger partial charge in [-0.05, 0) is 25.8 Å². The number of carbonyl (C=O) groups excluding carboxylic acids is 1. The van der Waals surface area contributed by atoms with Crippen molar-refractivity contribution in [3.63, 3.8) is 0 Å². The van der Waals surface area contributed by atoms with Gasteiger partial charge >= 0.3 is 0 Å². The van der Waals surface area contributed by atoms with Gasteiger partial charge in [-0.15, -0.1) is 0 Å². The summed E-state index contributed by atoms with van der Waals surface area (Å²) in [5.41, 5.74) is 0. The summed E-state index contributed by atoms with van der Waals surface area (Å²) >= 11 is 0. The van der Waals surface area contributed by atoms with Gasteiger partial charge in [-0.25, -0.2) is 0 Å². The zero-order valence-corrected chi connectivity index (χ0v) is 8.96. The van der Waals surface area contributed by atoms with Crippen molar-refractivity contribution < 1.29 is 4.79 Å². The molecule has 0 spiro atoms. The molecule has 2 fully saturated rings. The molecule has 0 aromatic carbocycles. The first-order valence-corrected chi connectivity index (χ1v) is 5.83. The predicted octanol–water partition coefficient (Wildman–Crippen LogP) is 1.14. The van der Waals surface area contributed by atoms with E-state index in [2.05, 4.69) is 17.1 Å². The van der Waals surface area contributed by atoms with Gasteiger partial charge in [0, 0.05) is 25.0 Å². The van der Waals surface area contributed by atoms with E-state index in [9.17, 15) is 4.79 Å². The summed E-state index contributed by atoms with van der Waals surface area (Å²) in [6.45, 7) is 4.28. The van der Waals surface area contributed by atoms with E-state index in [0.29, 0.717) is 12.1 Å². The standard InChI is InChI=1S/C11H20N2O/c1-2-3-6-13-9-4-5-10(13)8-12-11(14)7-9/h9-10H,2-8H2,1H3,(H,12,14)/t9-,10+/m1/s1. The number of hydrogen-bond acceptors (Lipinski definition) is 2. The molecule has 2 bridgehead atoms. The van der Waals surface area contributed by atoms with Crippen molar-refractivity contribution >= 4 is 5.91 Å². The van der Waals surface area contributed by atoms with Crippen LogP contribution < -0.4 is 5.32 Å². The summed E-state index contributed by atoms with van der Waals surface area (Å²) in [5.74, 6) is 0.249. The molecular weight excluding hydrogens is 176 g/mol. The lowest BCUT2D eigenvalue weighted by molar-refractivity contribution is -0.121. The van der Waals surface area contributed by atoms with E-state index in [0.717, 1.165) is 13.0 Å². The van der Waals surface area contributed by atoms with Crippen molar-refractivity contribution in [2.45, 2.75) is 51.1 Å². The molecule has 2 heterocycles. The summed E-state index contributed by atoms with van der Waals surface area (Å²) in [6, 6.07) is 1.16. The molecule has 1 N–H and O–H groups in total.